The van der Waals surface area contributed by atoms with Crippen LogP contribution in [0.4, 0.5) is 0 Å². The number of rotatable bonds is 7. The predicted octanol–water partition coefficient (Wildman–Crippen LogP) is 4.76. The summed E-state index contributed by atoms with van der Waals surface area (Å²) < 4.78 is 1.90. The zero-order chi connectivity index (χ0) is 22.3. The van der Waals surface area contributed by atoms with Crippen LogP contribution in [-0.4, -0.2) is 58.3 Å². The standard InChI is InChI=1S/C26H40N6.HI/c1-4-27-26(32-15-14-23(20-32)24-17-29-31(3)19-24)28-16-21-10-8-9-11-22(21)18-30(2)25-12-6-5-7-13-25;/h8-11,17,19,23,25H,4-7,12-16,18,20H2,1-3H3,(H,27,28);1H. The Balaban J connectivity index is 0.00000306. The monoisotopic (exact) mass is 564 g/mol. The van der Waals surface area contributed by atoms with E-state index in [4.69, 9.17) is 4.99 Å². The van der Waals surface area contributed by atoms with Crippen molar-refractivity contribution in [2.75, 3.05) is 26.7 Å². The molecule has 2 aromatic rings. The van der Waals surface area contributed by atoms with Crippen LogP contribution in [0, 0.1) is 0 Å². The molecule has 1 aromatic carbocycles. The van der Waals surface area contributed by atoms with Gasteiger partial charge in [-0.1, -0.05) is 43.5 Å². The van der Waals surface area contributed by atoms with E-state index in [1.807, 2.05) is 17.9 Å². The van der Waals surface area contributed by atoms with Crippen molar-refractivity contribution in [2.45, 2.75) is 70.5 Å². The summed E-state index contributed by atoms with van der Waals surface area (Å²) in [5.74, 6) is 1.57. The summed E-state index contributed by atoms with van der Waals surface area (Å²) in [6.07, 6.45) is 12.2. The predicted molar refractivity (Wildman–Crippen MR) is 147 cm³/mol. The molecule has 182 valence electrons. The van der Waals surface area contributed by atoms with Crippen LogP contribution >= 0.6 is 24.0 Å². The zero-order valence-corrected chi connectivity index (χ0v) is 22.9. The summed E-state index contributed by atoms with van der Waals surface area (Å²) >= 11 is 0. The molecule has 0 radical (unpaired) electrons. The molecule has 1 saturated heterocycles. The SMILES string of the molecule is CCNC(=NCc1ccccc1CN(C)C1CCCCC1)N1CCC(c2cnn(C)c2)C1.I. The van der Waals surface area contributed by atoms with Crippen LogP contribution in [-0.2, 0) is 20.1 Å². The van der Waals surface area contributed by atoms with Gasteiger partial charge in [0.05, 0.1) is 12.7 Å². The number of nitrogens with zero attached hydrogens (tertiary/aromatic N) is 5. The van der Waals surface area contributed by atoms with Gasteiger partial charge in [-0.2, -0.15) is 5.10 Å². The summed E-state index contributed by atoms with van der Waals surface area (Å²) in [7, 11) is 4.29. The fourth-order valence-corrected chi connectivity index (χ4v) is 5.25. The minimum Gasteiger partial charge on any atom is -0.357 e. The lowest BCUT2D eigenvalue weighted by Crippen LogP contribution is -2.40. The third-order valence-corrected chi connectivity index (χ3v) is 7.15. The number of hydrogen-bond acceptors (Lipinski definition) is 3. The fraction of sp³-hybridized carbons (Fsp3) is 0.615. The number of guanidine groups is 1. The number of hydrogen-bond donors (Lipinski definition) is 1. The molecule has 1 saturated carbocycles. The van der Waals surface area contributed by atoms with Gasteiger partial charge in [0, 0.05) is 51.4 Å². The minimum atomic E-state index is 0. The molecule has 7 heteroatoms. The number of aliphatic imine (C=N–C) groups is 1. The molecule has 33 heavy (non-hydrogen) atoms. The first-order valence-electron chi connectivity index (χ1n) is 12.4. The zero-order valence-electron chi connectivity index (χ0n) is 20.5. The largest absolute Gasteiger partial charge is 0.357 e. The summed E-state index contributed by atoms with van der Waals surface area (Å²) in [6, 6.07) is 9.58. The van der Waals surface area contributed by atoms with Crippen molar-refractivity contribution in [3.63, 3.8) is 0 Å². The van der Waals surface area contributed by atoms with Crippen molar-refractivity contribution in [2.24, 2.45) is 12.0 Å². The Morgan fingerprint density at radius 3 is 2.61 bits per heavy atom. The van der Waals surface area contributed by atoms with Crippen molar-refractivity contribution >= 4 is 29.9 Å². The second-order valence-corrected chi connectivity index (χ2v) is 9.52. The van der Waals surface area contributed by atoms with E-state index in [2.05, 4.69) is 64.6 Å². The Morgan fingerprint density at radius 2 is 1.91 bits per heavy atom. The Labute approximate surface area is 216 Å². The molecule has 0 amide bonds. The van der Waals surface area contributed by atoms with E-state index >= 15 is 0 Å². The summed E-state index contributed by atoms with van der Waals surface area (Å²) in [5, 5.41) is 7.89. The average molecular weight is 565 g/mol. The van der Waals surface area contributed by atoms with Crippen molar-refractivity contribution < 1.29 is 0 Å². The van der Waals surface area contributed by atoms with Crippen LogP contribution in [0.25, 0.3) is 0 Å². The van der Waals surface area contributed by atoms with Gasteiger partial charge in [0.25, 0.3) is 0 Å². The molecule has 1 atom stereocenters. The molecule has 1 aromatic heterocycles. The second kappa shape index (κ2) is 12.7. The van der Waals surface area contributed by atoms with Gasteiger partial charge in [-0.05, 0) is 49.9 Å². The Morgan fingerprint density at radius 1 is 1.15 bits per heavy atom. The maximum Gasteiger partial charge on any atom is 0.194 e. The van der Waals surface area contributed by atoms with E-state index in [0.29, 0.717) is 5.92 Å². The smallest absolute Gasteiger partial charge is 0.194 e. The number of halogens is 1. The normalized spacial score (nSPS) is 19.7. The molecule has 1 unspecified atom stereocenters. The molecule has 0 spiro atoms. The summed E-state index contributed by atoms with van der Waals surface area (Å²) in [4.78, 5) is 10.0. The Hall–Kier alpha value is -1.61. The highest BCUT2D eigenvalue weighted by Gasteiger charge is 2.27. The van der Waals surface area contributed by atoms with Crippen molar-refractivity contribution in [3.05, 3.63) is 53.3 Å². The maximum atomic E-state index is 5.07. The first kappa shape index (κ1) is 26.0. The number of benzene rings is 1. The Kier molecular flexibility index (Phi) is 10.0. The van der Waals surface area contributed by atoms with Gasteiger partial charge in [-0.3, -0.25) is 9.58 Å². The van der Waals surface area contributed by atoms with Gasteiger partial charge in [0.1, 0.15) is 0 Å². The topological polar surface area (TPSA) is 48.7 Å². The van der Waals surface area contributed by atoms with Gasteiger partial charge in [0.2, 0.25) is 0 Å². The van der Waals surface area contributed by atoms with Gasteiger partial charge in [-0.25, -0.2) is 4.99 Å². The quantitative estimate of drug-likeness (QED) is 0.300. The van der Waals surface area contributed by atoms with Gasteiger partial charge < -0.3 is 10.2 Å². The molecule has 1 aliphatic heterocycles. The lowest BCUT2D eigenvalue weighted by Gasteiger charge is -2.31. The van der Waals surface area contributed by atoms with E-state index in [0.717, 1.165) is 51.1 Å². The molecule has 4 rings (SSSR count). The third-order valence-electron chi connectivity index (χ3n) is 7.15. The van der Waals surface area contributed by atoms with Crippen LogP contribution in [0.5, 0.6) is 0 Å². The van der Waals surface area contributed by atoms with E-state index < -0.39 is 0 Å². The number of aromatic nitrogens is 2. The maximum absolute atomic E-state index is 5.07. The van der Waals surface area contributed by atoms with Crippen LogP contribution in [0.15, 0.2) is 41.7 Å². The highest BCUT2D eigenvalue weighted by atomic mass is 127. The number of aryl methyl sites for hydroxylation is 1. The molecule has 2 heterocycles. The summed E-state index contributed by atoms with van der Waals surface area (Å²) in [6.45, 7) is 6.82. The summed E-state index contributed by atoms with van der Waals surface area (Å²) in [5.41, 5.74) is 4.09. The number of likely N-dealkylation sites (tertiary alicyclic amines) is 1. The molecule has 0 bridgehead atoms. The van der Waals surface area contributed by atoms with E-state index in [-0.39, 0.29) is 24.0 Å². The molecule has 1 aliphatic carbocycles. The number of nitrogens with one attached hydrogen (secondary N) is 1. The van der Waals surface area contributed by atoms with Crippen molar-refractivity contribution in [3.8, 4) is 0 Å². The van der Waals surface area contributed by atoms with E-state index in [1.165, 1.54) is 48.8 Å². The van der Waals surface area contributed by atoms with Gasteiger partial charge >= 0.3 is 0 Å². The Bertz CT molecular complexity index is 888. The molecule has 2 fully saturated rings. The first-order chi connectivity index (χ1) is 15.6. The van der Waals surface area contributed by atoms with Crippen LogP contribution in [0.1, 0.15) is 68.1 Å². The highest BCUT2D eigenvalue weighted by molar-refractivity contribution is 14.0. The van der Waals surface area contributed by atoms with Gasteiger partial charge in [-0.15, -0.1) is 24.0 Å². The van der Waals surface area contributed by atoms with Crippen molar-refractivity contribution in [1.29, 1.82) is 0 Å². The van der Waals surface area contributed by atoms with E-state index in [1.54, 1.807) is 0 Å². The highest BCUT2D eigenvalue weighted by Crippen LogP contribution is 2.27. The van der Waals surface area contributed by atoms with E-state index in [9.17, 15) is 0 Å². The molecular formula is C26H41IN6. The fourth-order valence-electron chi connectivity index (χ4n) is 5.25. The molecular weight excluding hydrogens is 523 g/mol. The van der Waals surface area contributed by atoms with Crippen LogP contribution < -0.4 is 5.32 Å². The van der Waals surface area contributed by atoms with Crippen molar-refractivity contribution in [1.82, 2.24) is 24.9 Å². The minimum absolute atomic E-state index is 0. The lowest BCUT2D eigenvalue weighted by atomic mass is 9.94. The van der Waals surface area contributed by atoms with Crippen LogP contribution in [0.2, 0.25) is 0 Å². The third kappa shape index (κ3) is 6.94. The van der Waals surface area contributed by atoms with Gasteiger partial charge in [0.15, 0.2) is 5.96 Å². The molecule has 6 nitrogen and oxygen atoms in total. The van der Waals surface area contributed by atoms with Crippen LogP contribution in [0.3, 0.4) is 0 Å². The second-order valence-electron chi connectivity index (χ2n) is 9.52. The lowest BCUT2D eigenvalue weighted by molar-refractivity contribution is 0.184. The molecule has 1 N–H and O–H groups in total. The molecule has 2 aliphatic rings. The average Bonchev–Trinajstić information content (AvgIpc) is 3.47. The first-order valence-corrected chi connectivity index (χ1v) is 12.4.